The Balaban J connectivity index is 2.84. The van der Waals surface area contributed by atoms with Gasteiger partial charge in [0.1, 0.15) is 0 Å². The maximum absolute atomic E-state index is 11.4. The first-order chi connectivity index (χ1) is 10.4. The number of carboxylic acids is 1. The molecule has 0 saturated carbocycles. The topological polar surface area (TPSA) is 62.5 Å². The summed E-state index contributed by atoms with van der Waals surface area (Å²) in [5, 5.41) is 19.6. The number of aliphatic hydroxyl groups excluding tert-OH is 1. The Bertz CT molecular complexity index is 698. The molecule has 0 amide bonds. The molecule has 4 nitrogen and oxygen atoms in total. The Morgan fingerprint density at radius 1 is 1.32 bits per heavy atom. The number of aliphatic hydroxyl groups is 1. The molecule has 0 atom stereocenters. The number of fused-ring (bicyclic) bond motifs is 1. The molecular formula is C18H25NO3. The van der Waals surface area contributed by atoms with Crippen molar-refractivity contribution in [2.75, 3.05) is 6.61 Å². The van der Waals surface area contributed by atoms with E-state index in [1.807, 2.05) is 6.92 Å². The number of aromatic carboxylic acids is 1. The highest BCUT2D eigenvalue weighted by Crippen LogP contribution is 2.35. The van der Waals surface area contributed by atoms with Crippen LogP contribution in [0.15, 0.2) is 12.1 Å². The van der Waals surface area contributed by atoms with Crippen LogP contribution in [0.3, 0.4) is 0 Å². The molecule has 120 valence electrons. The first-order valence-electron chi connectivity index (χ1n) is 7.92. The summed E-state index contributed by atoms with van der Waals surface area (Å²) in [6.45, 7) is 9.32. The number of nitrogens with zero attached hydrogens (tertiary/aromatic N) is 1. The lowest BCUT2D eigenvalue weighted by Crippen LogP contribution is -2.05. The molecule has 0 fully saturated rings. The van der Waals surface area contributed by atoms with Gasteiger partial charge in [-0.2, -0.15) is 0 Å². The minimum Gasteiger partial charge on any atom is -0.478 e. The summed E-state index contributed by atoms with van der Waals surface area (Å²) in [5.41, 5.74) is 4.93. The fourth-order valence-corrected chi connectivity index (χ4v) is 3.36. The van der Waals surface area contributed by atoms with Crippen LogP contribution in [0.5, 0.6) is 0 Å². The highest BCUT2D eigenvalue weighted by Gasteiger charge is 2.20. The number of benzene rings is 1. The van der Waals surface area contributed by atoms with Crippen LogP contribution in [0.25, 0.3) is 10.9 Å². The number of aromatic nitrogens is 1. The average molecular weight is 303 g/mol. The fraction of sp³-hybridized carbons (Fsp3) is 0.500. The number of aryl methyl sites for hydroxylation is 2. The van der Waals surface area contributed by atoms with Crippen LogP contribution >= 0.6 is 0 Å². The van der Waals surface area contributed by atoms with E-state index in [0.29, 0.717) is 17.9 Å². The zero-order valence-corrected chi connectivity index (χ0v) is 13.8. The Labute approximate surface area is 131 Å². The summed E-state index contributed by atoms with van der Waals surface area (Å²) >= 11 is 0. The minimum absolute atomic E-state index is 0.158. The van der Waals surface area contributed by atoms with E-state index < -0.39 is 5.97 Å². The molecule has 2 N–H and O–H groups in total. The molecule has 1 heterocycles. The second-order valence-electron chi connectivity index (χ2n) is 6.07. The van der Waals surface area contributed by atoms with Gasteiger partial charge in [0.25, 0.3) is 0 Å². The maximum Gasteiger partial charge on any atom is 0.335 e. The summed E-state index contributed by atoms with van der Waals surface area (Å²) in [5.74, 6) is -0.557. The van der Waals surface area contributed by atoms with E-state index in [1.165, 1.54) is 11.3 Å². The van der Waals surface area contributed by atoms with E-state index in [0.717, 1.165) is 29.4 Å². The molecule has 2 aromatic rings. The van der Waals surface area contributed by atoms with Crippen molar-refractivity contribution in [1.82, 2.24) is 4.57 Å². The van der Waals surface area contributed by atoms with Gasteiger partial charge in [-0.1, -0.05) is 20.8 Å². The molecule has 0 spiro atoms. The Morgan fingerprint density at radius 2 is 2.00 bits per heavy atom. The normalized spacial score (nSPS) is 11.5. The van der Waals surface area contributed by atoms with E-state index in [2.05, 4.69) is 25.3 Å². The molecule has 0 bridgehead atoms. The van der Waals surface area contributed by atoms with E-state index in [4.69, 9.17) is 5.11 Å². The third-order valence-electron chi connectivity index (χ3n) is 4.29. The van der Waals surface area contributed by atoms with Crippen LogP contribution in [0, 0.1) is 6.92 Å². The average Bonchev–Trinajstić information content (AvgIpc) is 2.75. The van der Waals surface area contributed by atoms with Crippen molar-refractivity contribution >= 4 is 16.9 Å². The van der Waals surface area contributed by atoms with Gasteiger partial charge in [-0.05, 0) is 48.9 Å². The van der Waals surface area contributed by atoms with Crippen molar-refractivity contribution in [3.8, 4) is 0 Å². The van der Waals surface area contributed by atoms with Crippen molar-refractivity contribution in [1.29, 1.82) is 0 Å². The van der Waals surface area contributed by atoms with Crippen molar-refractivity contribution in [3.05, 3.63) is 34.5 Å². The number of carboxylic acid groups (broad SMARTS) is 1. The first-order valence-corrected chi connectivity index (χ1v) is 7.92. The molecule has 1 aromatic heterocycles. The van der Waals surface area contributed by atoms with E-state index >= 15 is 0 Å². The molecule has 0 saturated heterocycles. The highest BCUT2D eigenvalue weighted by molar-refractivity contribution is 5.97. The Hall–Kier alpha value is -1.81. The van der Waals surface area contributed by atoms with Gasteiger partial charge in [-0.3, -0.25) is 0 Å². The monoisotopic (exact) mass is 303 g/mol. The lowest BCUT2D eigenvalue weighted by atomic mass is 9.96. The predicted octanol–water partition coefficient (Wildman–Crippen LogP) is 3.72. The molecular weight excluding hydrogens is 278 g/mol. The Morgan fingerprint density at radius 3 is 2.50 bits per heavy atom. The van der Waals surface area contributed by atoms with Crippen LogP contribution in [0.4, 0.5) is 0 Å². The van der Waals surface area contributed by atoms with Gasteiger partial charge < -0.3 is 14.8 Å². The summed E-state index contributed by atoms with van der Waals surface area (Å²) in [7, 11) is 0. The van der Waals surface area contributed by atoms with Gasteiger partial charge in [-0.25, -0.2) is 4.79 Å². The van der Waals surface area contributed by atoms with Gasteiger partial charge in [0.15, 0.2) is 0 Å². The van der Waals surface area contributed by atoms with Gasteiger partial charge in [-0.15, -0.1) is 0 Å². The largest absolute Gasteiger partial charge is 0.478 e. The Kier molecular flexibility index (Phi) is 4.91. The molecule has 22 heavy (non-hydrogen) atoms. The standard InChI is InChI=1S/C18H25NO3/c1-5-13-9-14(18(21)22)10-15-16(11(2)3)12(4)19(17(13)15)7-6-8-20/h9-11,20H,5-8H2,1-4H3,(H,21,22). The third-order valence-corrected chi connectivity index (χ3v) is 4.29. The second-order valence-corrected chi connectivity index (χ2v) is 6.07. The van der Waals surface area contributed by atoms with Crippen molar-refractivity contribution in [2.24, 2.45) is 0 Å². The number of rotatable bonds is 6. The lowest BCUT2D eigenvalue weighted by molar-refractivity contribution is 0.0697. The molecule has 0 aliphatic heterocycles. The van der Waals surface area contributed by atoms with E-state index in [1.54, 1.807) is 12.1 Å². The van der Waals surface area contributed by atoms with Gasteiger partial charge in [0, 0.05) is 24.2 Å². The maximum atomic E-state index is 11.4. The highest BCUT2D eigenvalue weighted by atomic mass is 16.4. The molecule has 0 aliphatic rings. The quantitative estimate of drug-likeness (QED) is 0.855. The summed E-state index contributed by atoms with van der Waals surface area (Å²) in [4.78, 5) is 11.4. The van der Waals surface area contributed by atoms with Crippen LogP contribution in [-0.4, -0.2) is 27.4 Å². The summed E-state index contributed by atoms with van der Waals surface area (Å²) < 4.78 is 2.24. The molecule has 0 unspecified atom stereocenters. The zero-order chi connectivity index (χ0) is 16.4. The van der Waals surface area contributed by atoms with Gasteiger partial charge in [0.2, 0.25) is 0 Å². The van der Waals surface area contributed by atoms with Crippen LogP contribution in [0.2, 0.25) is 0 Å². The van der Waals surface area contributed by atoms with Crippen molar-refractivity contribution < 1.29 is 15.0 Å². The van der Waals surface area contributed by atoms with E-state index in [-0.39, 0.29) is 6.61 Å². The SMILES string of the molecule is CCc1cc(C(=O)O)cc2c(C(C)C)c(C)n(CCCO)c12. The summed E-state index contributed by atoms with van der Waals surface area (Å²) in [6.07, 6.45) is 1.49. The molecule has 2 rings (SSSR count). The number of hydrogen-bond acceptors (Lipinski definition) is 2. The third kappa shape index (κ3) is 2.75. The lowest BCUT2D eigenvalue weighted by Gasteiger charge is -2.11. The smallest absolute Gasteiger partial charge is 0.335 e. The molecule has 0 aliphatic carbocycles. The van der Waals surface area contributed by atoms with Crippen LogP contribution < -0.4 is 0 Å². The zero-order valence-electron chi connectivity index (χ0n) is 13.8. The van der Waals surface area contributed by atoms with E-state index in [9.17, 15) is 9.90 Å². The van der Waals surface area contributed by atoms with Crippen molar-refractivity contribution in [3.63, 3.8) is 0 Å². The van der Waals surface area contributed by atoms with Gasteiger partial charge >= 0.3 is 5.97 Å². The summed E-state index contributed by atoms with van der Waals surface area (Å²) in [6, 6.07) is 3.58. The molecule has 0 radical (unpaired) electrons. The second kappa shape index (κ2) is 6.53. The van der Waals surface area contributed by atoms with Gasteiger partial charge in [0.05, 0.1) is 11.1 Å². The number of carbonyl (C=O) groups is 1. The molecule has 1 aromatic carbocycles. The molecule has 4 heteroatoms. The predicted molar refractivity (Wildman–Crippen MR) is 88.8 cm³/mol. The van der Waals surface area contributed by atoms with Crippen LogP contribution in [-0.2, 0) is 13.0 Å². The minimum atomic E-state index is -0.882. The van der Waals surface area contributed by atoms with Crippen LogP contribution in [0.1, 0.15) is 60.3 Å². The fourth-order valence-electron chi connectivity index (χ4n) is 3.36. The first kappa shape index (κ1) is 16.6. The van der Waals surface area contributed by atoms with Crippen molar-refractivity contribution in [2.45, 2.75) is 53.0 Å². The number of hydrogen-bond donors (Lipinski definition) is 2.